The van der Waals surface area contributed by atoms with Crippen molar-refractivity contribution in [2.24, 2.45) is 0 Å². The van der Waals surface area contributed by atoms with Crippen LogP contribution in [0.15, 0.2) is 12.7 Å². The van der Waals surface area contributed by atoms with Crippen molar-refractivity contribution in [1.29, 1.82) is 0 Å². The molecule has 3 atom stereocenters. The lowest BCUT2D eigenvalue weighted by Gasteiger charge is -2.43. The Morgan fingerprint density at radius 1 is 0.561 bits per heavy atom. The Morgan fingerprint density at radius 3 is 1.24 bits per heavy atom. The third-order valence-corrected chi connectivity index (χ3v) is 23.8. The van der Waals surface area contributed by atoms with Gasteiger partial charge < -0.3 is 18.1 Å². The molecule has 0 saturated heterocycles. The molecule has 0 heterocycles. The molecule has 0 saturated carbocycles. The molecule has 0 aliphatic heterocycles. The van der Waals surface area contributed by atoms with Crippen molar-refractivity contribution in [2.45, 2.75) is 199 Å². The summed E-state index contributed by atoms with van der Waals surface area (Å²) in [6, 6.07) is 0. The van der Waals surface area contributed by atoms with Gasteiger partial charge in [-0.3, -0.25) is 0 Å². The second-order valence-corrected chi connectivity index (χ2v) is 31.3. The summed E-state index contributed by atoms with van der Waals surface area (Å²) in [5, 5.41) is 0.506. The van der Waals surface area contributed by atoms with Gasteiger partial charge >= 0.3 is 0 Å². The van der Waals surface area contributed by atoms with Crippen LogP contribution in [0.25, 0.3) is 0 Å². The van der Waals surface area contributed by atoms with Crippen molar-refractivity contribution in [3.63, 3.8) is 0 Å². The Bertz CT molecular complexity index is 757. The van der Waals surface area contributed by atoms with Crippen molar-refractivity contribution in [3.05, 3.63) is 12.7 Å². The molecule has 0 unspecified atom stereocenters. The highest BCUT2D eigenvalue weighted by Crippen LogP contribution is 2.42. The van der Waals surface area contributed by atoms with Crippen LogP contribution in [0, 0.1) is 0 Å². The highest BCUT2D eigenvalue weighted by atomic mass is 28.4. The molecule has 0 aromatic carbocycles. The van der Waals surface area contributed by atoms with E-state index < -0.39 is 25.0 Å². The normalized spacial score (nSPS) is 16.4. The third kappa shape index (κ3) is 15.0. The fraction of sp³-hybridized carbons (Fsp3) is 0.912. The summed E-state index contributed by atoms with van der Waals surface area (Å²) in [7, 11) is -5.77. The molecule has 0 rings (SSSR count). The fourth-order valence-electron chi connectivity index (χ4n) is 4.28. The van der Waals surface area contributed by atoms with E-state index in [1.807, 2.05) is 6.08 Å². The van der Waals surface area contributed by atoms with Gasteiger partial charge in [0.2, 0.25) is 0 Å². The second-order valence-electron chi connectivity index (χ2n) is 17.0. The minimum Gasteiger partial charge on any atom is -0.414 e. The summed E-state index contributed by atoms with van der Waals surface area (Å²) in [5.41, 5.74) is 0. The van der Waals surface area contributed by atoms with Gasteiger partial charge in [0.1, 0.15) is 6.29 Å². The van der Waals surface area contributed by atoms with E-state index >= 15 is 0 Å². The zero-order chi connectivity index (χ0) is 32.3. The smallest absolute Gasteiger partial charge is 0.192 e. The first-order valence-corrected chi connectivity index (χ1v) is 25.2. The summed E-state index contributed by atoms with van der Waals surface area (Å²) in [6.07, 6.45) is 13.4. The summed E-state index contributed by atoms with van der Waals surface area (Å²) in [4.78, 5) is 11.0. The third-order valence-electron chi connectivity index (χ3n) is 10.2. The van der Waals surface area contributed by atoms with Crippen LogP contribution in [0.4, 0.5) is 0 Å². The van der Waals surface area contributed by atoms with E-state index in [1.165, 1.54) is 0 Å². The van der Waals surface area contributed by atoms with Gasteiger partial charge in [0.25, 0.3) is 0 Å². The quantitative estimate of drug-likeness (QED) is 0.0582. The van der Waals surface area contributed by atoms with Crippen LogP contribution in [0.3, 0.4) is 0 Å². The molecule has 0 fully saturated rings. The Kier molecular flexibility index (Phi) is 16.8. The number of unbranched alkanes of at least 4 members (excludes halogenated alkanes) is 2. The molecule has 4 nitrogen and oxygen atoms in total. The maximum atomic E-state index is 11.0. The van der Waals surface area contributed by atoms with E-state index in [0.717, 1.165) is 64.1 Å². The number of hydrogen-bond acceptors (Lipinski definition) is 4. The monoisotopic (exact) mass is 628 g/mol. The van der Waals surface area contributed by atoms with Crippen LogP contribution < -0.4 is 0 Å². The topological polar surface area (TPSA) is 44.8 Å². The van der Waals surface area contributed by atoms with Crippen LogP contribution in [-0.4, -0.2) is 49.6 Å². The first-order valence-electron chi connectivity index (χ1n) is 16.5. The summed E-state index contributed by atoms with van der Waals surface area (Å²) in [6.45, 7) is 39.1. The minimum atomic E-state index is -1.96. The first kappa shape index (κ1) is 40.9. The number of carbonyl (C=O) groups excluding carboxylic acids is 1. The predicted molar refractivity (Wildman–Crippen MR) is 189 cm³/mol. The molecule has 0 spiro atoms. The Morgan fingerprint density at radius 2 is 0.878 bits per heavy atom. The lowest BCUT2D eigenvalue weighted by atomic mass is 10.00. The first-order chi connectivity index (χ1) is 18.4. The van der Waals surface area contributed by atoms with E-state index in [2.05, 4.69) is 108 Å². The zero-order valence-corrected chi connectivity index (χ0v) is 33.3. The van der Waals surface area contributed by atoms with Gasteiger partial charge in [0.15, 0.2) is 25.0 Å². The van der Waals surface area contributed by atoms with Crippen LogP contribution >= 0.6 is 0 Å². The summed E-state index contributed by atoms with van der Waals surface area (Å²) >= 11 is 0. The van der Waals surface area contributed by atoms with Gasteiger partial charge in [0.05, 0.1) is 0 Å². The fourth-order valence-corrected chi connectivity index (χ4v) is 8.50. The number of aldehydes is 1. The predicted octanol–water partition coefficient (Wildman–Crippen LogP) is 11.4. The lowest BCUT2D eigenvalue weighted by Crippen LogP contribution is -2.47. The highest BCUT2D eigenvalue weighted by molar-refractivity contribution is 6.75. The molecule has 0 radical (unpaired) electrons. The van der Waals surface area contributed by atoms with Gasteiger partial charge in [-0.2, -0.15) is 0 Å². The molecule has 0 bridgehead atoms. The maximum Gasteiger partial charge on any atom is 0.192 e. The largest absolute Gasteiger partial charge is 0.414 e. The average molecular weight is 629 g/mol. The summed E-state index contributed by atoms with van der Waals surface area (Å²) < 4.78 is 21.1. The van der Waals surface area contributed by atoms with Gasteiger partial charge in [-0.25, -0.2) is 0 Å². The molecular formula is C34H72O4Si3. The van der Waals surface area contributed by atoms with E-state index in [1.54, 1.807) is 0 Å². The average Bonchev–Trinajstić information content (AvgIpc) is 2.76. The maximum absolute atomic E-state index is 11.0. The molecule has 0 aliphatic rings. The molecular weight excluding hydrogens is 557 g/mol. The molecule has 0 amide bonds. The Labute approximate surface area is 260 Å². The second kappa shape index (κ2) is 16.9. The molecule has 0 N–H and O–H groups in total. The Hall–Kier alpha value is -0.0594. The molecule has 0 aliphatic carbocycles. The van der Waals surface area contributed by atoms with Crippen molar-refractivity contribution in [3.8, 4) is 0 Å². The van der Waals surface area contributed by atoms with Crippen LogP contribution in [0.5, 0.6) is 0 Å². The Balaban J connectivity index is 5.93. The number of allylic oxidation sites excluding steroid dienone is 1. The molecule has 41 heavy (non-hydrogen) atoms. The van der Waals surface area contributed by atoms with Gasteiger partial charge in [0, 0.05) is 24.7 Å². The standard InChI is InChI=1S/C34H72O4Si3/c1-17-18-19-24-30(37-40(13,14)33(5,6)7)28-31(38-41(15,16)34(8,9)10)26-22-25-29(23-20-21-27-35)36-39(11,12)32(2,3)4/h17,27,29-31H,1,18-26,28H2,2-16H3/t29-,30+,31-/m1/s1. The van der Waals surface area contributed by atoms with Crippen LogP contribution in [0.2, 0.25) is 54.4 Å². The number of carbonyl (C=O) groups is 1. The minimum absolute atomic E-state index is 0.159. The lowest BCUT2D eigenvalue weighted by molar-refractivity contribution is -0.108. The van der Waals surface area contributed by atoms with Gasteiger partial charge in [-0.15, -0.1) is 6.58 Å². The van der Waals surface area contributed by atoms with Crippen molar-refractivity contribution < 1.29 is 18.1 Å². The molecule has 244 valence electrons. The molecule has 0 aromatic rings. The van der Waals surface area contributed by atoms with E-state index in [-0.39, 0.29) is 33.4 Å². The molecule has 0 aromatic heterocycles. The van der Waals surface area contributed by atoms with Crippen molar-refractivity contribution >= 4 is 31.2 Å². The van der Waals surface area contributed by atoms with E-state index in [0.29, 0.717) is 6.42 Å². The number of rotatable bonds is 20. The SMILES string of the molecule is C=CCCC[C@@H](C[C@@H](CCC[C@@H](CCCC=O)O[Si](C)(C)C(C)(C)C)O[Si](C)(C)C(C)(C)C)O[Si](C)(C)C(C)(C)C. The number of hydrogen-bond donors (Lipinski definition) is 0. The van der Waals surface area contributed by atoms with Crippen molar-refractivity contribution in [2.75, 3.05) is 0 Å². The van der Waals surface area contributed by atoms with Crippen molar-refractivity contribution in [1.82, 2.24) is 0 Å². The van der Waals surface area contributed by atoms with E-state index in [4.69, 9.17) is 13.3 Å². The zero-order valence-electron chi connectivity index (χ0n) is 30.3. The molecule has 7 heteroatoms. The highest BCUT2D eigenvalue weighted by Gasteiger charge is 2.42. The summed E-state index contributed by atoms with van der Waals surface area (Å²) in [5.74, 6) is 0. The van der Waals surface area contributed by atoms with E-state index in [9.17, 15) is 4.79 Å². The van der Waals surface area contributed by atoms with Crippen LogP contribution in [-0.2, 0) is 18.1 Å². The van der Waals surface area contributed by atoms with Gasteiger partial charge in [-0.1, -0.05) is 68.4 Å². The van der Waals surface area contributed by atoms with Gasteiger partial charge in [-0.05, 0) is 112 Å². The van der Waals surface area contributed by atoms with Crippen LogP contribution in [0.1, 0.15) is 127 Å².